The van der Waals surface area contributed by atoms with Crippen molar-refractivity contribution in [1.29, 1.82) is 0 Å². The van der Waals surface area contributed by atoms with Crippen molar-refractivity contribution >= 4 is 33.4 Å². The Bertz CT molecular complexity index is 941. The van der Waals surface area contributed by atoms with Gasteiger partial charge in [0.25, 0.3) is 0 Å². The van der Waals surface area contributed by atoms with Gasteiger partial charge in [-0.1, -0.05) is 4.29 Å². The summed E-state index contributed by atoms with van der Waals surface area (Å²) in [4.78, 5) is 12.7. The van der Waals surface area contributed by atoms with Gasteiger partial charge in [0.15, 0.2) is 0 Å². The first-order valence-electron chi connectivity index (χ1n) is 7.34. The smallest absolute Gasteiger partial charge is 0.317 e. The molecule has 0 radical (unpaired) electrons. The van der Waals surface area contributed by atoms with E-state index in [9.17, 15) is 14.0 Å². The van der Waals surface area contributed by atoms with E-state index >= 15 is 0 Å². The third kappa shape index (κ3) is 3.67. The lowest BCUT2D eigenvalue weighted by Crippen LogP contribution is -2.63. The van der Waals surface area contributed by atoms with Crippen molar-refractivity contribution in [3.8, 4) is 5.75 Å². The van der Waals surface area contributed by atoms with Gasteiger partial charge in [0.05, 0.1) is 16.6 Å². The molecule has 0 aliphatic heterocycles. The minimum Gasteiger partial charge on any atom is -0.378 e. The molecule has 1 aromatic heterocycles. The molecule has 132 valence electrons. The number of halogens is 1. The highest BCUT2D eigenvalue weighted by molar-refractivity contribution is 5.92. The molecule has 0 fully saturated rings. The minimum atomic E-state index is -4.63. The van der Waals surface area contributed by atoms with Gasteiger partial charge in [0, 0.05) is 45.6 Å². The lowest BCUT2D eigenvalue weighted by Gasteiger charge is -2.17. The van der Waals surface area contributed by atoms with Crippen LogP contribution in [0.5, 0.6) is 5.75 Å². The van der Waals surface area contributed by atoms with Crippen LogP contribution in [0.1, 0.15) is 0 Å². The Hall–Kier alpha value is -2.39. The summed E-state index contributed by atoms with van der Waals surface area (Å²) in [6, 6.07) is 8.74. The second-order valence-electron chi connectivity index (χ2n) is 5.95. The van der Waals surface area contributed by atoms with Gasteiger partial charge in [0.2, 0.25) is 0 Å². The quantitative estimate of drug-likeness (QED) is 0.553. The topological polar surface area (TPSA) is 111 Å². The zero-order valence-electron chi connectivity index (χ0n) is 14.2. The summed E-state index contributed by atoms with van der Waals surface area (Å²) >= 11 is 0. The van der Waals surface area contributed by atoms with Crippen LogP contribution in [0.4, 0.5) is 11.4 Å². The van der Waals surface area contributed by atoms with Crippen LogP contribution < -0.4 is 28.1 Å². The number of fused-ring (bicyclic) bond motifs is 2. The highest BCUT2D eigenvalue weighted by Gasteiger charge is 2.25. The first-order chi connectivity index (χ1) is 11.6. The lowest BCUT2D eigenvalue weighted by atomic mass is 10.2. The molecule has 25 heavy (non-hydrogen) atoms. The molecular formula is C16H17ClN4O4. The molecule has 1 heterocycles. The van der Waals surface area contributed by atoms with E-state index in [1.54, 1.807) is 31.1 Å². The highest BCUT2D eigenvalue weighted by atomic mass is 35.7. The Morgan fingerprint density at radius 1 is 0.800 bits per heavy atom. The second-order valence-corrected chi connectivity index (χ2v) is 6.86. The molecule has 0 N–H and O–H groups in total. The number of hydrogen-bond donors (Lipinski definition) is 0. The summed E-state index contributed by atoms with van der Waals surface area (Å²) in [5.41, 5.74) is 3.47. The maximum atomic E-state index is 11.0. The molecule has 9 heteroatoms. The van der Waals surface area contributed by atoms with Gasteiger partial charge in [-0.25, -0.2) is 9.97 Å². The molecule has 0 saturated heterocycles. The van der Waals surface area contributed by atoms with Crippen LogP contribution in [0.15, 0.2) is 30.3 Å². The standard InChI is InChI=1S/C16H17ClN4O4/c1-20(2)10-5-6-12-13(7-10)18-14-8-11(21(3)4)9-15(16(14)19-12)25-17(22,23)24/h5-9H,1-4H3. The highest BCUT2D eigenvalue weighted by Crippen LogP contribution is 2.32. The van der Waals surface area contributed by atoms with E-state index in [2.05, 4.69) is 14.3 Å². The Balaban J connectivity index is 2.28. The third-order valence-electron chi connectivity index (χ3n) is 3.68. The van der Waals surface area contributed by atoms with Crippen molar-refractivity contribution in [1.82, 2.24) is 9.97 Å². The molecule has 0 saturated carbocycles. The van der Waals surface area contributed by atoms with Gasteiger partial charge < -0.3 is 9.80 Å². The Morgan fingerprint density at radius 3 is 2.04 bits per heavy atom. The summed E-state index contributed by atoms with van der Waals surface area (Å²) in [5.74, 6) is -0.149. The molecule has 0 unspecified atom stereocenters. The predicted molar refractivity (Wildman–Crippen MR) is 86.3 cm³/mol. The van der Waals surface area contributed by atoms with Gasteiger partial charge in [-0.05, 0) is 24.3 Å². The number of anilines is 2. The van der Waals surface area contributed by atoms with Crippen LogP contribution >= 0.6 is 0 Å². The normalized spacial score (nSPS) is 11.8. The van der Waals surface area contributed by atoms with Crippen LogP contribution in [0.3, 0.4) is 0 Å². The number of aromatic nitrogens is 2. The van der Waals surface area contributed by atoms with Crippen LogP contribution in [0, 0.1) is 10.2 Å². The van der Waals surface area contributed by atoms with Crippen molar-refractivity contribution in [2.45, 2.75) is 0 Å². The van der Waals surface area contributed by atoms with Gasteiger partial charge in [0.1, 0.15) is 15.8 Å². The van der Waals surface area contributed by atoms with Crippen molar-refractivity contribution in [3.05, 3.63) is 30.3 Å². The molecule has 0 aliphatic rings. The SMILES string of the molecule is CN(C)c1ccc2nc3c(O[Cl+3]([O-])([O-])[O-])cc(N(C)C)cc3nc2c1. The first kappa shape index (κ1) is 17.4. The Kier molecular flexibility index (Phi) is 4.29. The summed E-state index contributed by atoms with van der Waals surface area (Å²) in [6.45, 7) is 0. The fourth-order valence-corrected chi connectivity index (χ4v) is 2.74. The Labute approximate surface area is 146 Å². The third-order valence-corrected chi connectivity index (χ3v) is 4.04. The van der Waals surface area contributed by atoms with E-state index in [1.807, 2.05) is 31.1 Å². The molecule has 8 nitrogen and oxygen atoms in total. The van der Waals surface area contributed by atoms with Crippen LogP contribution in [0.25, 0.3) is 22.1 Å². The second kappa shape index (κ2) is 6.16. The van der Waals surface area contributed by atoms with E-state index in [1.165, 1.54) is 6.07 Å². The van der Waals surface area contributed by atoms with Gasteiger partial charge in [-0.2, -0.15) is 14.0 Å². The molecule has 3 aromatic rings. The van der Waals surface area contributed by atoms with Gasteiger partial charge in [-0.3, -0.25) is 0 Å². The molecule has 0 bridgehead atoms. The van der Waals surface area contributed by atoms with Crippen LogP contribution in [0.2, 0.25) is 0 Å². The molecule has 0 aliphatic carbocycles. The average Bonchev–Trinajstić information content (AvgIpc) is 2.50. The predicted octanol–water partition coefficient (Wildman–Crippen LogP) is -0.809. The van der Waals surface area contributed by atoms with E-state index in [0.717, 1.165) is 5.69 Å². The monoisotopic (exact) mass is 364 g/mol. The fraction of sp³-hybridized carbons (Fsp3) is 0.250. The van der Waals surface area contributed by atoms with Gasteiger partial charge >= 0.3 is 5.75 Å². The van der Waals surface area contributed by atoms with Crippen molar-refractivity contribution in [2.75, 3.05) is 38.0 Å². The number of rotatable bonds is 4. The van der Waals surface area contributed by atoms with Crippen molar-refractivity contribution in [2.24, 2.45) is 0 Å². The fourth-order valence-electron chi connectivity index (χ4n) is 2.42. The Morgan fingerprint density at radius 2 is 1.44 bits per heavy atom. The number of benzene rings is 2. The molecule has 0 atom stereocenters. The van der Waals surface area contributed by atoms with Gasteiger partial charge in [-0.15, -0.1) is 0 Å². The summed E-state index contributed by atoms with van der Waals surface area (Å²) in [5, 5.41) is 0. The summed E-state index contributed by atoms with van der Waals surface area (Å²) in [7, 11) is 2.78. The molecular weight excluding hydrogens is 348 g/mol. The van der Waals surface area contributed by atoms with E-state index in [-0.39, 0.29) is 11.3 Å². The maximum absolute atomic E-state index is 11.0. The lowest BCUT2D eigenvalue weighted by molar-refractivity contribution is -1.91. The van der Waals surface area contributed by atoms with Crippen molar-refractivity contribution in [3.63, 3.8) is 0 Å². The maximum Gasteiger partial charge on any atom is 0.317 e. The zero-order chi connectivity index (χ0) is 18.4. The first-order valence-corrected chi connectivity index (χ1v) is 8.58. The van der Waals surface area contributed by atoms with Crippen LogP contribution in [-0.2, 0) is 0 Å². The summed E-state index contributed by atoms with van der Waals surface area (Å²) in [6.07, 6.45) is 0. The number of hydrogen-bond acceptors (Lipinski definition) is 8. The van der Waals surface area contributed by atoms with E-state index in [0.29, 0.717) is 22.2 Å². The van der Waals surface area contributed by atoms with Crippen LogP contribution in [-0.4, -0.2) is 38.2 Å². The van der Waals surface area contributed by atoms with E-state index in [4.69, 9.17) is 0 Å². The largest absolute Gasteiger partial charge is 0.378 e. The number of nitrogens with zero attached hydrogens (tertiary/aromatic N) is 4. The average molecular weight is 365 g/mol. The molecule has 0 spiro atoms. The van der Waals surface area contributed by atoms with Crippen molar-refractivity contribution < 1.29 is 28.5 Å². The summed E-state index contributed by atoms with van der Waals surface area (Å²) < 4.78 is 37.7. The van der Waals surface area contributed by atoms with E-state index < -0.39 is 10.2 Å². The molecule has 2 aromatic carbocycles. The molecule has 3 rings (SSSR count). The molecule has 0 amide bonds. The zero-order valence-corrected chi connectivity index (χ0v) is 14.9. The minimum absolute atomic E-state index is 0.149.